The monoisotopic (exact) mass is 573 g/mol. The van der Waals surface area contributed by atoms with Gasteiger partial charge in [-0.15, -0.1) is 5.10 Å². The number of aromatic nitrogens is 3. The molecule has 0 spiro atoms. The number of benzene rings is 2. The SMILES string of the molecule is CCOC(=O)[C@@H](C[C@@H](Cc1ccc(-c2cc(Cl)ccc2F)cc1)NC(=O)c1cnn[nH]1)CN1CC(CO)(CO)C1. The Morgan fingerprint density at radius 2 is 1.93 bits per heavy atom. The van der Waals surface area contributed by atoms with E-state index in [1.165, 1.54) is 18.3 Å². The van der Waals surface area contributed by atoms with Crippen molar-refractivity contribution < 1.29 is 28.9 Å². The molecule has 1 amide bonds. The Morgan fingerprint density at radius 1 is 1.20 bits per heavy atom. The molecule has 0 radical (unpaired) electrons. The van der Waals surface area contributed by atoms with Gasteiger partial charge in [0.05, 0.1) is 31.9 Å². The summed E-state index contributed by atoms with van der Waals surface area (Å²) in [6, 6.07) is 11.2. The first kappa shape index (κ1) is 29.6. The summed E-state index contributed by atoms with van der Waals surface area (Å²) in [7, 11) is 0. The number of ether oxygens (including phenoxy) is 1. The molecule has 0 bridgehead atoms. The van der Waals surface area contributed by atoms with E-state index in [0.717, 1.165) is 5.56 Å². The second-order valence-corrected chi connectivity index (χ2v) is 10.7. The summed E-state index contributed by atoms with van der Waals surface area (Å²) >= 11 is 6.05. The Kier molecular flexibility index (Phi) is 9.85. The average molecular weight is 574 g/mol. The largest absolute Gasteiger partial charge is 0.466 e. The number of amides is 1. The van der Waals surface area contributed by atoms with Crippen molar-refractivity contribution in [2.45, 2.75) is 25.8 Å². The predicted molar refractivity (Wildman–Crippen MR) is 146 cm³/mol. The zero-order valence-corrected chi connectivity index (χ0v) is 22.9. The summed E-state index contributed by atoms with van der Waals surface area (Å²) < 4.78 is 19.7. The lowest BCUT2D eigenvalue weighted by Crippen LogP contribution is -2.61. The van der Waals surface area contributed by atoms with Crippen LogP contribution in [0.5, 0.6) is 0 Å². The maximum Gasteiger partial charge on any atom is 0.310 e. The maximum atomic E-state index is 14.4. The average Bonchev–Trinajstić information content (AvgIpc) is 3.47. The Bertz CT molecular complexity index is 1280. The standard InChI is InChI=1S/C28H33ClFN5O5/c1-2-40-27(39)20(13-35-14-28(15-35,16-36)17-37)10-22(32-26(38)25-12-31-34-33-25)9-18-3-5-19(6-4-18)23-11-21(29)7-8-24(23)30/h3-8,11-12,20,22,36-37H,2,9-10,13-17H2,1H3,(H,32,38)(H,31,33,34)/t20-,22+/m0/s1. The first-order chi connectivity index (χ1) is 19.3. The number of hydrogen-bond acceptors (Lipinski definition) is 8. The Labute approximate surface area is 236 Å². The fourth-order valence-electron chi connectivity index (χ4n) is 5.03. The molecule has 2 atom stereocenters. The van der Waals surface area contributed by atoms with Gasteiger partial charge in [-0.3, -0.25) is 14.7 Å². The molecule has 4 N–H and O–H groups in total. The van der Waals surface area contributed by atoms with Crippen LogP contribution in [0.3, 0.4) is 0 Å². The first-order valence-electron chi connectivity index (χ1n) is 13.1. The molecular formula is C28H33ClFN5O5. The summed E-state index contributed by atoms with van der Waals surface area (Å²) in [6.07, 6.45) is 1.98. The van der Waals surface area contributed by atoms with Gasteiger partial charge in [0.2, 0.25) is 0 Å². The molecule has 2 heterocycles. The molecule has 0 unspecified atom stereocenters. The van der Waals surface area contributed by atoms with Gasteiger partial charge in [-0.2, -0.15) is 0 Å². The lowest BCUT2D eigenvalue weighted by Gasteiger charge is -2.49. The minimum Gasteiger partial charge on any atom is -0.466 e. The number of aromatic amines is 1. The fraction of sp³-hybridized carbons (Fsp3) is 0.429. The van der Waals surface area contributed by atoms with Crippen LogP contribution in [0.1, 0.15) is 29.4 Å². The van der Waals surface area contributed by atoms with Crippen molar-refractivity contribution in [1.82, 2.24) is 25.6 Å². The molecule has 10 nitrogen and oxygen atoms in total. The Hall–Kier alpha value is -3.38. The highest BCUT2D eigenvalue weighted by Gasteiger charge is 2.43. The number of esters is 1. The summed E-state index contributed by atoms with van der Waals surface area (Å²) in [4.78, 5) is 27.8. The summed E-state index contributed by atoms with van der Waals surface area (Å²) in [5, 5.41) is 32.5. The minimum absolute atomic E-state index is 0.143. The van der Waals surface area contributed by atoms with Crippen molar-refractivity contribution >= 4 is 23.5 Å². The highest BCUT2D eigenvalue weighted by Crippen LogP contribution is 2.31. The molecule has 0 saturated carbocycles. The van der Waals surface area contributed by atoms with Gasteiger partial charge in [-0.05, 0) is 49.1 Å². The zero-order valence-electron chi connectivity index (χ0n) is 22.1. The van der Waals surface area contributed by atoms with Crippen LogP contribution in [-0.4, -0.2) is 87.9 Å². The van der Waals surface area contributed by atoms with E-state index >= 15 is 0 Å². The van der Waals surface area contributed by atoms with E-state index in [4.69, 9.17) is 16.3 Å². The third-order valence-electron chi connectivity index (χ3n) is 7.13. The van der Waals surface area contributed by atoms with Crippen LogP contribution in [0.15, 0.2) is 48.7 Å². The smallest absolute Gasteiger partial charge is 0.310 e. The van der Waals surface area contributed by atoms with Crippen molar-refractivity contribution in [3.63, 3.8) is 0 Å². The molecule has 1 aliphatic heterocycles. The number of hydrogen-bond donors (Lipinski definition) is 4. The van der Waals surface area contributed by atoms with Gasteiger partial charge in [0, 0.05) is 41.7 Å². The number of rotatable bonds is 13. The molecule has 2 aromatic carbocycles. The first-order valence-corrected chi connectivity index (χ1v) is 13.5. The molecular weight excluding hydrogens is 541 g/mol. The quantitative estimate of drug-likeness (QED) is 0.229. The maximum absolute atomic E-state index is 14.4. The van der Waals surface area contributed by atoms with Crippen molar-refractivity contribution in [1.29, 1.82) is 0 Å². The van der Waals surface area contributed by atoms with Gasteiger partial charge < -0.3 is 25.2 Å². The van der Waals surface area contributed by atoms with E-state index in [0.29, 0.717) is 42.2 Å². The minimum atomic E-state index is -0.579. The van der Waals surface area contributed by atoms with Crippen LogP contribution in [-0.2, 0) is 16.0 Å². The summed E-state index contributed by atoms with van der Waals surface area (Å²) in [5.74, 6) is -1.76. The summed E-state index contributed by atoms with van der Waals surface area (Å²) in [5.41, 5.74) is 1.51. The van der Waals surface area contributed by atoms with Crippen LogP contribution in [0.25, 0.3) is 11.1 Å². The van der Waals surface area contributed by atoms with Crippen molar-refractivity contribution in [3.05, 3.63) is 70.8 Å². The fourth-order valence-corrected chi connectivity index (χ4v) is 5.20. The van der Waals surface area contributed by atoms with E-state index in [1.54, 1.807) is 25.1 Å². The lowest BCUT2D eigenvalue weighted by molar-refractivity contribution is -0.151. The van der Waals surface area contributed by atoms with Crippen LogP contribution in [0.2, 0.25) is 5.02 Å². The van der Waals surface area contributed by atoms with E-state index < -0.39 is 23.3 Å². The van der Waals surface area contributed by atoms with Gasteiger partial charge in [-0.25, -0.2) is 4.39 Å². The number of likely N-dealkylation sites (tertiary alicyclic amines) is 1. The molecule has 1 saturated heterocycles. The lowest BCUT2D eigenvalue weighted by atomic mass is 9.80. The molecule has 1 aromatic heterocycles. The molecule has 3 aromatic rings. The van der Waals surface area contributed by atoms with Crippen molar-refractivity contribution in [2.75, 3.05) is 39.5 Å². The predicted octanol–water partition coefficient (Wildman–Crippen LogP) is 2.46. The number of carbonyl (C=O) groups is 2. The highest BCUT2D eigenvalue weighted by molar-refractivity contribution is 6.30. The number of halogens is 2. The van der Waals surface area contributed by atoms with Crippen LogP contribution >= 0.6 is 11.6 Å². The molecule has 1 fully saturated rings. The number of carbonyl (C=O) groups excluding carboxylic acids is 2. The normalized spacial score (nSPS) is 16.1. The zero-order chi connectivity index (χ0) is 28.7. The van der Waals surface area contributed by atoms with E-state index in [9.17, 15) is 24.2 Å². The second-order valence-electron chi connectivity index (χ2n) is 10.2. The van der Waals surface area contributed by atoms with Gasteiger partial charge >= 0.3 is 5.97 Å². The molecule has 214 valence electrons. The molecule has 12 heteroatoms. The Balaban J connectivity index is 1.52. The number of H-pyrrole nitrogens is 1. The van der Waals surface area contributed by atoms with E-state index in [1.807, 2.05) is 17.0 Å². The molecule has 40 heavy (non-hydrogen) atoms. The van der Waals surface area contributed by atoms with Crippen LogP contribution < -0.4 is 5.32 Å². The van der Waals surface area contributed by atoms with Crippen LogP contribution in [0, 0.1) is 17.2 Å². The van der Waals surface area contributed by atoms with Gasteiger partial charge in [-0.1, -0.05) is 41.1 Å². The highest BCUT2D eigenvalue weighted by atomic mass is 35.5. The molecule has 1 aliphatic rings. The van der Waals surface area contributed by atoms with Crippen molar-refractivity contribution in [2.24, 2.45) is 11.3 Å². The topological polar surface area (TPSA) is 141 Å². The second kappa shape index (κ2) is 13.3. The Morgan fingerprint density at radius 3 is 2.55 bits per heavy atom. The third-order valence-corrected chi connectivity index (χ3v) is 7.36. The summed E-state index contributed by atoms with van der Waals surface area (Å²) in [6.45, 7) is 2.92. The number of aliphatic hydroxyl groups excluding tert-OH is 2. The van der Waals surface area contributed by atoms with Gasteiger partial charge in [0.15, 0.2) is 0 Å². The van der Waals surface area contributed by atoms with E-state index in [2.05, 4.69) is 20.7 Å². The number of nitrogens with one attached hydrogen (secondary N) is 2. The number of aliphatic hydroxyl groups is 2. The van der Waals surface area contributed by atoms with Gasteiger partial charge in [0.1, 0.15) is 11.5 Å². The number of nitrogens with zero attached hydrogens (tertiary/aromatic N) is 3. The van der Waals surface area contributed by atoms with Gasteiger partial charge in [0.25, 0.3) is 5.91 Å². The van der Waals surface area contributed by atoms with Crippen molar-refractivity contribution in [3.8, 4) is 11.1 Å². The molecule has 0 aliphatic carbocycles. The molecule has 4 rings (SSSR count). The van der Waals surface area contributed by atoms with E-state index in [-0.39, 0.29) is 43.7 Å². The van der Waals surface area contributed by atoms with Crippen LogP contribution in [0.4, 0.5) is 4.39 Å². The third kappa shape index (κ3) is 7.22.